The highest BCUT2D eigenvalue weighted by atomic mass is 35.6. The smallest absolute Gasteiger partial charge is 0.242 e. The number of halogens is 3. The van der Waals surface area contributed by atoms with Gasteiger partial charge in [-0.2, -0.15) is 4.72 Å². The number of alkyl halides is 3. The molecule has 1 rings (SSSR count). The molecular weight excluding hydrogens is 297 g/mol. The highest BCUT2D eigenvalue weighted by molar-refractivity contribution is 7.89. The van der Waals surface area contributed by atoms with Crippen molar-refractivity contribution in [2.24, 2.45) is 0 Å². The van der Waals surface area contributed by atoms with E-state index < -0.39 is 20.0 Å². The van der Waals surface area contributed by atoms with Crippen LogP contribution in [0.3, 0.4) is 0 Å². The molecule has 4 nitrogen and oxygen atoms in total. The van der Waals surface area contributed by atoms with Crippen molar-refractivity contribution in [1.82, 2.24) is 4.72 Å². The molecular formula is C8H8Cl3NO3S. The molecule has 90 valence electrons. The van der Waals surface area contributed by atoms with Crippen molar-refractivity contribution in [1.29, 1.82) is 0 Å². The zero-order chi connectivity index (χ0) is 12.4. The molecule has 0 spiro atoms. The van der Waals surface area contributed by atoms with Gasteiger partial charge in [0.2, 0.25) is 13.8 Å². The molecule has 0 aliphatic carbocycles. The van der Waals surface area contributed by atoms with E-state index in [9.17, 15) is 13.5 Å². The first-order chi connectivity index (χ1) is 7.23. The fourth-order valence-corrected chi connectivity index (χ4v) is 2.36. The minimum atomic E-state index is -3.90. The van der Waals surface area contributed by atoms with Gasteiger partial charge >= 0.3 is 0 Å². The lowest BCUT2D eigenvalue weighted by Gasteiger charge is -2.19. The maximum Gasteiger partial charge on any atom is 0.242 e. The molecule has 2 N–H and O–H groups in total. The molecule has 0 fully saturated rings. The first-order valence-electron chi connectivity index (χ1n) is 4.05. The van der Waals surface area contributed by atoms with Crippen molar-refractivity contribution in [3.63, 3.8) is 0 Å². The summed E-state index contributed by atoms with van der Waals surface area (Å²) in [6.07, 6.45) is -1.82. The summed E-state index contributed by atoms with van der Waals surface area (Å²) in [5, 5.41) is 9.30. The predicted molar refractivity (Wildman–Crippen MR) is 63.1 cm³/mol. The maximum atomic E-state index is 11.6. The minimum Gasteiger partial charge on any atom is -0.373 e. The van der Waals surface area contributed by atoms with Crippen molar-refractivity contribution in [3.05, 3.63) is 30.3 Å². The van der Waals surface area contributed by atoms with Crippen molar-refractivity contribution in [3.8, 4) is 0 Å². The second kappa shape index (κ2) is 5.08. The highest BCUT2D eigenvalue weighted by Gasteiger charge is 2.34. The van der Waals surface area contributed by atoms with E-state index in [2.05, 4.69) is 0 Å². The molecule has 0 saturated carbocycles. The number of aliphatic hydroxyl groups is 1. The van der Waals surface area contributed by atoms with Gasteiger partial charge in [-0.05, 0) is 12.1 Å². The van der Waals surface area contributed by atoms with Gasteiger partial charge in [0, 0.05) is 0 Å². The number of sulfonamides is 1. The monoisotopic (exact) mass is 303 g/mol. The molecule has 0 unspecified atom stereocenters. The van der Waals surface area contributed by atoms with Gasteiger partial charge in [0.1, 0.15) is 0 Å². The Morgan fingerprint density at radius 2 is 1.69 bits per heavy atom. The van der Waals surface area contributed by atoms with E-state index in [0.29, 0.717) is 0 Å². The quantitative estimate of drug-likeness (QED) is 0.659. The Morgan fingerprint density at radius 1 is 1.19 bits per heavy atom. The molecule has 8 heteroatoms. The third kappa shape index (κ3) is 3.76. The van der Waals surface area contributed by atoms with Crippen LogP contribution in [0.25, 0.3) is 0 Å². The summed E-state index contributed by atoms with van der Waals surface area (Å²) in [5.41, 5.74) is 0. The van der Waals surface area contributed by atoms with Gasteiger partial charge in [-0.3, -0.25) is 0 Å². The summed E-state index contributed by atoms with van der Waals surface area (Å²) in [7, 11) is -3.90. The topological polar surface area (TPSA) is 66.4 Å². The first kappa shape index (κ1) is 14.0. The number of hydrogen-bond donors (Lipinski definition) is 2. The molecule has 0 heterocycles. The average Bonchev–Trinajstić information content (AvgIpc) is 2.17. The van der Waals surface area contributed by atoms with Crippen LogP contribution in [0.15, 0.2) is 35.2 Å². The molecule has 1 aromatic rings. The lowest BCUT2D eigenvalue weighted by Crippen LogP contribution is -2.43. The number of benzene rings is 1. The van der Waals surface area contributed by atoms with E-state index in [1.807, 2.05) is 4.72 Å². The summed E-state index contributed by atoms with van der Waals surface area (Å²) in [5.74, 6) is 0. The summed E-state index contributed by atoms with van der Waals surface area (Å²) in [4.78, 5) is -0.0247. The Balaban J connectivity index is 2.90. The lowest BCUT2D eigenvalue weighted by atomic mass is 10.4. The Labute approximate surface area is 108 Å². The van der Waals surface area contributed by atoms with E-state index >= 15 is 0 Å². The van der Waals surface area contributed by atoms with Crippen molar-refractivity contribution in [2.45, 2.75) is 14.9 Å². The zero-order valence-corrected chi connectivity index (χ0v) is 10.9. The van der Waals surface area contributed by atoms with Gasteiger partial charge in [0.05, 0.1) is 4.90 Å². The molecule has 0 amide bonds. The van der Waals surface area contributed by atoms with Crippen molar-refractivity contribution < 1.29 is 13.5 Å². The Hall–Kier alpha value is -0.0400. The van der Waals surface area contributed by atoms with Crippen LogP contribution >= 0.6 is 34.8 Å². The van der Waals surface area contributed by atoms with E-state index in [1.165, 1.54) is 24.3 Å². The Bertz CT molecular complexity index is 443. The number of rotatable bonds is 3. The standard InChI is InChI=1S/C8H8Cl3NO3S/c9-8(10,11)7(13)12-16(14,15)6-4-2-1-3-5-6/h1-5,7,12-13H/t7-/m0/s1. The first-order valence-corrected chi connectivity index (χ1v) is 6.67. The third-order valence-corrected chi connectivity index (χ3v) is 3.68. The Morgan fingerprint density at radius 3 is 2.12 bits per heavy atom. The van der Waals surface area contributed by atoms with Crippen LogP contribution in [-0.4, -0.2) is 23.5 Å². The molecule has 0 bridgehead atoms. The number of aliphatic hydroxyl groups excluding tert-OH is 1. The molecule has 16 heavy (non-hydrogen) atoms. The van der Waals surface area contributed by atoms with Gasteiger partial charge < -0.3 is 5.11 Å². The van der Waals surface area contributed by atoms with E-state index in [4.69, 9.17) is 34.8 Å². The summed E-state index contributed by atoms with van der Waals surface area (Å²) >= 11 is 16.0. The summed E-state index contributed by atoms with van der Waals surface area (Å²) in [6, 6.07) is 7.44. The van der Waals surface area contributed by atoms with Crippen LogP contribution in [-0.2, 0) is 10.0 Å². The summed E-state index contributed by atoms with van der Waals surface area (Å²) in [6.45, 7) is 0. The predicted octanol–water partition coefficient (Wildman–Crippen LogP) is 1.65. The fourth-order valence-electron chi connectivity index (χ4n) is 0.881. The second-order valence-corrected chi connectivity index (χ2v) is 6.96. The molecule has 1 atom stereocenters. The molecule has 0 aliphatic rings. The zero-order valence-electron chi connectivity index (χ0n) is 7.77. The van der Waals surface area contributed by atoms with Crippen LogP contribution < -0.4 is 4.72 Å². The maximum absolute atomic E-state index is 11.6. The molecule has 0 radical (unpaired) electrons. The largest absolute Gasteiger partial charge is 0.373 e. The van der Waals surface area contributed by atoms with E-state index in [1.54, 1.807) is 6.07 Å². The van der Waals surface area contributed by atoms with Gasteiger partial charge in [-0.25, -0.2) is 8.42 Å². The van der Waals surface area contributed by atoms with Crippen molar-refractivity contribution >= 4 is 44.8 Å². The van der Waals surface area contributed by atoms with Crippen LogP contribution in [0.4, 0.5) is 0 Å². The van der Waals surface area contributed by atoms with Crippen LogP contribution in [0.1, 0.15) is 0 Å². The van der Waals surface area contributed by atoms with Crippen molar-refractivity contribution in [2.75, 3.05) is 0 Å². The number of hydrogen-bond acceptors (Lipinski definition) is 3. The van der Waals surface area contributed by atoms with Gasteiger partial charge in [-0.1, -0.05) is 53.0 Å². The number of nitrogens with one attached hydrogen (secondary N) is 1. The van der Waals surface area contributed by atoms with Crippen LogP contribution in [0.5, 0.6) is 0 Å². The minimum absolute atomic E-state index is 0.0247. The fraction of sp³-hybridized carbons (Fsp3) is 0.250. The lowest BCUT2D eigenvalue weighted by molar-refractivity contribution is 0.167. The van der Waals surface area contributed by atoms with E-state index in [-0.39, 0.29) is 4.90 Å². The summed E-state index contributed by atoms with van der Waals surface area (Å²) < 4.78 is 23.0. The van der Waals surface area contributed by atoms with Gasteiger partial charge in [-0.15, -0.1) is 0 Å². The normalized spacial score (nSPS) is 14.8. The van der Waals surface area contributed by atoms with Crippen LogP contribution in [0.2, 0.25) is 0 Å². The molecule has 0 aromatic heterocycles. The Kier molecular flexibility index (Phi) is 4.45. The highest BCUT2D eigenvalue weighted by Crippen LogP contribution is 2.29. The van der Waals surface area contributed by atoms with E-state index in [0.717, 1.165) is 0 Å². The molecule has 1 aromatic carbocycles. The van der Waals surface area contributed by atoms with Gasteiger partial charge in [0.15, 0.2) is 6.23 Å². The molecule has 0 saturated heterocycles. The second-order valence-electron chi connectivity index (χ2n) is 2.88. The molecule has 0 aliphatic heterocycles. The van der Waals surface area contributed by atoms with Crippen LogP contribution in [0, 0.1) is 0 Å². The third-order valence-electron chi connectivity index (χ3n) is 1.63. The SMILES string of the molecule is O=S(=O)(N[C@@H](O)C(Cl)(Cl)Cl)c1ccccc1. The van der Waals surface area contributed by atoms with Gasteiger partial charge in [0.25, 0.3) is 0 Å². The average molecular weight is 305 g/mol.